The summed E-state index contributed by atoms with van der Waals surface area (Å²) in [6.07, 6.45) is 7.49. The first-order valence-corrected chi connectivity index (χ1v) is 9.87. The Kier molecular flexibility index (Phi) is 5.23. The molecule has 0 fully saturated rings. The van der Waals surface area contributed by atoms with Gasteiger partial charge in [-0.3, -0.25) is 4.79 Å². The summed E-state index contributed by atoms with van der Waals surface area (Å²) in [6, 6.07) is 14.0. The van der Waals surface area contributed by atoms with Gasteiger partial charge in [0.25, 0.3) is 5.91 Å². The summed E-state index contributed by atoms with van der Waals surface area (Å²) in [7, 11) is 0. The molecule has 2 aliphatic carbocycles. The molecule has 0 bridgehead atoms. The number of hydrogen-bond acceptors (Lipinski definition) is 3. The molecule has 0 spiro atoms. The maximum absolute atomic E-state index is 12.3. The number of esters is 1. The second kappa shape index (κ2) is 7.95. The summed E-state index contributed by atoms with van der Waals surface area (Å²) in [6.45, 7) is -0.241. The van der Waals surface area contributed by atoms with Gasteiger partial charge in [-0.1, -0.05) is 30.3 Å². The van der Waals surface area contributed by atoms with E-state index in [1.165, 1.54) is 28.7 Å². The lowest BCUT2D eigenvalue weighted by Gasteiger charge is -2.26. The van der Waals surface area contributed by atoms with Gasteiger partial charge >= 0.3 is 5.97 Å². The van der Waals surface area contributed by atoms with Gasteiger partial charge in [-0.05, 0) is 79.3 Å². The second-order valence-electron chi connectivity index (χ2n) is 7.48. The molecule has 0 saturated heterocycles. The Morgan fingerprint density at radius 1 is 0.926 bits per heavy atom. The standard InChI is InChI=1S/C23H25NO3/c25-22(24-21-11-5-9-17-7-3-4-10-20(17)21)15-27-23(26)19-13-12-16-6-1-2-8-18(16)14-19/h3-4,7,10,12-14,21H,1-2,5-6,8-9,11,15H2,(H,24,25)/t21-/m1/s1. The molecule has 0 unspecified atom stereocenters. The zero-order valence-corrected chi connectivity index (χ0v) is 15.5. The Bertz CT molecular complexity index is 858. The number of ether oxygens (including phenoxy) is 1. The van der Waals surface area contributed by atoms with Gasteiger partial charge in [-0.25, -0.2) is 4.79 Å². The van der Waals surface area contributed by atoms with E-state index < -0.39 is 5.97 Å². The fraction of sp³-hybridized carbons (Fsp3) is 0.391. The van der Waals surface area contributed by atoms with Crippen LogP contribution in [0.15, 0.2) is 42.5 Å². The van der Waals surface area contributed by atoms with Gasteiger partial charge in [0.15, 0.2) is 6.61 Å². The molecule has 2 aliphatic rings. The topological polar surface area (TPSA) is 55.4 Å². The van der Waals surface area contributed by atoms with Gasteiger partial charge in [0.2, 0.25) is 0 Å². The van der Waals surface area contributed by atoms with Crippen molar-refractivity contribution in [3.05, 3.63) is 70.3 Å². The number of nitrogens with one attached hydrogen (secondary N) is 1. The molecule has 0 saturated carbocycles. The van der Waals surface area contributed by atoms with Crippen molar-refractivity contribution in [3.8, 4) is 0 Å². The minimum Gasteiger partial charge on any atom is -0.452 e. The largest absolute Gasteiger partial charge is 0.452 e. The average Bonchev–Trinajstić information content (AvgIpc) is 2.72. The van der Waals surface area contributed by atoms with Crippen molar-refractivity contribution < 1.29 is 14.3 Å². The molecule has 140 valence electrons. The highest BCUT2D eigenvalue weighted by atomic mass is 16.5. The minimum atomic E-state index is -0.428. The van der Waals surface area contributed by atoms with E-state index in [9.17, 15) is 9.59 Å². The third kappa shape index (κ3) is 4.05. The van der Waals surface area contributed by atoms with E-state index in [1.807, 2.05) is 30.3 Å². The van der Waals surface area contributed by atoms with E-state index in [0.717, 1.165) is 38.5 Å². The molecule has 27 heavy (non-hydrogen) atoms. The molecule has 0 aromatic heterocycles. The van der Waals surface area contributed by atoms with Crippen molar-refractivity contribution in [1.82, 2.24) is 5.32 Å². The van der Waals surface area contributed by atoms with E-state index in [2.05, 4.69) is 17.4 Å². The molecule has 2 aromatic carbocycles. The Hall–Kier alpha value is -2.62. The lowest BCUT2D eigenvalue weighted by atomic mass is 9.88. The molecular formula is C23H25NO3. The summed E-state index contributed by atoms with van der Waals surface area (Å²) in [5, 5.41) is 3.02. The second-order valence-corrected chi connectivity index (χ2v) is 7.48. The molecular weight excluding hydrogens is 338 g/mol. The number of aryl methyl sites for hydroxylation is 3. The fourth-order valence-electron chi connectivity index (χ4n) is 4.21. The van der Waals surface area contributed by atoms with Crippen LogP contribution in [0.4, 0.5) is 0 Å². The van der Waals surface area contributed by atoms with Crippen LogP contribution < -0.4 is 5.32 Å². The number of rotatable bonds is 4. The van der Waals surface area contributed by atoms with Crippen molar-refractivity contribution in [2.45, 2.75) is 51.0 Å². The van der Waals surface area contributed by atoms with E-state index in [1.54, 1.807) is 0 Å². The highest BCUT2D eigenvalue weighted by Gasteiger charge is 2.22. The predicted octanol–water partition coefficient (Wildman–Crippen LogP) is 3.92. The quantitative estimate of drug-likeness (QED) is 0.838. The van der Waals surface area contributed by atoms with E-state index in [4.69, 9.17) is 4.74 Å². The number of carbonyl (C=O) groups excluding carboxylic acids is 2. The van der Waals surface area contributed by atoms with Crippen LogP contribution in [0.1, 0.15) is 64.3 Å². The summed E-state index contributed by atoms with van der Waals surface area (Å²) < 4.78 is 5.26. The third-order valence-electron chi connectivity index (χ3n) is 5.62. The van der Waals surface area contributed by atoms with Crippen LogP contribution in [-0.4, -0.2) is 18.5 Å². The molecule has 1 amide bonds. The number of fused-ring (bicyclic) bond motifs is 2. The zero-order chi connectivity index (χ0) is 18.6. The maximum Gasteiger partial charge on any atom is 0.338 e. The van der Waals surface area contributed by atoms with Crippen molar-refractivity contribution in [2.24, 2.45) is 0 Å². The van der Waals surface area contributed by atoms with Crippen LogP contribution in [0.3, 0.4) is 0 Å². The van der Waals surface area contributed by atoms with Gasteiger partial charge in [0, 0.05) is 0 Å². The van der Waals surface area contributed by atoms with Crippen LogP contribution in [0, 0.1) is 0 Å². The molecule has 4 heteroatoms. The van der Waals surface area contributed by atoms with Gasteiger partial charge in [-0.2, -0.15) is 0 Å². The van der Waals surface area contributed by atoms with E-state index in [-0.39, 0.29) is 18.6 Å². The van der Waals surface area contributed by atoms with Crippen LogP contribution in [0.2, 0.25) is 0 Å². The van der Waals surface area contributed by atoms with Crippen LogP contribution in [-0.2, 0) is 28.8 Å². The molecule has 1 atom stereocenters. The predicted molar refractivity (Wildman–Crippen MR) is 104 cm³/mol. The van der Waals surface area contributed by atoms with E-state index >= 15 is 0 Å². The number of carbonyl (C=O) groups is 2. The number of amides is 1. The first-order valence-electron chi connectivity index (χ1n) is 9.87. The fourth-order valence-corrected chi connectivity index (χ4v) is 4.21. The molecule has 2 aromatic rings. The summed E-state index contributed by atoms with van der Waals surface area (Å²) >= 11 is 0. The van der Waals surface area contributed by atoms with Crippen molar-refractivity contribution >= 4 is 11.9 Å². The number of benzene rings is 2. The summed E-state index contributed by atoms with van der Waals surface area (Å²) in [5.41, 5.74) is 5.56. The zero-order valence-electron chi connectivity index (χ0n) is 15.5. The van der Waals surface area contributed by atoms with Gasteiger partial charge < -0.3 is 10.1 Å². The maximum atomic E-state index is 12.3. The first-order chi connectivity index (χ1) is 13.2. The molecule has 1 N–H and O–H groups in total. The summed E-state index contributed by atoms with van der Waals surface area (Å²) in [5.74, 6) is -0.675. The first kappa shape index (κ1) is 17.8. The van der Waals surface area contributed by atoms with Crippen LogP contribution in [0.5, 0.6) is 0 Å². The highest BCUT2D eigenvalue weighted by Crippen LogP contribution is 2.29. The Labute approximate surface area is 159 Å². The molecule has 0 aliphatic heterocycles. The average molecular weight is 363 g/mol. The highest BCUT2D eigenvalue weighted by molar-refractivity contribution is 5.91. The third-order valence-corrected chi connectivity index (χ3v) is 5.62. The Morgan fingerprint density at radius 2 is 1.70 bits per heavy atom. The lowest BCUT2D eigenvalue weighted by molar-refractivity contribution is -0.125. The number of hydrogen-bond donors (Lipinski definition) is 1. The monoisotopic (exact) mass is 363 g/mol. The molecule has 4 nitrogen and oxygen atoms in total. The minimum absolute atomic E-state index is 0.00453. The Balaban J connectivity index is 1.34. The lowest BCUT2D eigenvalue weighted by Crippen LogP contribution is -2.34. The summed E-state index contributed by atoms with van der Waals surface area (Å²) in [4.78, 5) is 24.6. The smallest absolute Gasteiger partial charge is 0.338 e. The SMILES string of the molecule is O=C(COC(=O)c1ccc2c(c1)CCCC2)N[C@@H]1CCCc2ccccc21. The van der Waals surface area contributed by atoms with E-state index in [0.29, 0.717) is 5.56 Å². The molecule has 4 rings (SSSR count). The van der Waals surface area contributed by atoms with Crippen LogP contribution in [0.25, 0.3) is 0 Å². The van der Waals surface area contributed by atoms with Crippen LogP contribution >= 0.6 is 0 Å². The van der Waals surface area contributed by atoms with Gasteiger partial charge in [-0.15, -0.1) is 0 Å². The molecule has 0 heterocycles. The molecule has 0 radical (unpaired) electrons. The van der Waals surface area contributed by atoms with Crippen molar-refractivity contribution in [3.63, 3.8) is 0 Å². The Morgan fingerprint density at radius 3 is 2.59 bits per heavy atom. The van der Waals surface area contributed by atoms with Gasteiger partial charge in [0.05, 0.1) is 11.6 Å². The normalized spacial score (nSPS) is 18.1. The van der Waals surface area contributed by atoms with Gasteiger partial charge in [0.1, 0.15) is 0 Å². The van der Waals surface area contributed by atoms with Crippen molar-refractivity contribution in [1.29, 1.82) is 0 Å². The van der Waals surface area contributed by atoms with Crippen molar-refractivity contribution in [2.75, 3.05) is 6.61 Å².